The van der Waals surface area contributed by atoms with Crippen molar-refractivity contribution in [3.63, 3.8) is 0 Å². The summed E-state index contributed by atoms with van der Waals surface area (Å²) in [6.45, 7) is 1.67. The van der Waals surface area contributed by atoms with E-state index in [9.17, 15) is 8.42 Å². The summed E-state index contributed by atoms with van der Waals surface area (Å²) < 4.78 is 26.8. The third-order valence-corrected chi connectivity index (χ3v) is 4.89. The van der Waals surface area contributed by atoms with E-state index in [1.54, 1.807) is 29.8 Å². The molecular weight excluding hydrogens is 292 g/mol. The lowest BCUT2D eigenvalue weighted by Gasteiger charge is -2.10. The van der Waals surface area contributed by atoms with Crippen LogP contribution in [0.25, 0.3) is 0 Å². The molecule has 7 heteroatoms. The fourth-order valence-electron chi connectivity index (χ4n) is 1.49. The smallest absolute Gasteiger partial charge is 0.262 e. The van der Waals surface area contributed by atoms with Gasteiger partial charge in [-0.1, -0.05) is 11.6 Å². The van der Waals surface area contributed by atoms with E-state index in [-0.39, 0.29) is 10.6 Å². The number of anilines is 2. The van der Waals surface area contributed by atoms with Crippen LogP contribution >= 0.6 is 22.9 Å². The Labute approximate surface area is 114 Å². The molecule has 0 spiro atoms. The first kappa shape index (κ1) is 13.2. The van der Waals surface area contributed by atoms with Crippen molar-refractivity contribution in [1.82, 2.24) is 0 Å². The molecule has 3 N–H and O–H groups in total. The average Bonchev–Trinajstić information content (AvgIpc) is 2.75. The van der Waals surface area contributed by atoms with E-state index in [1.165, 1.54) is 17.4 Å². The highest BCUT2D eigenvalue weighted by Gasteiger charge is 2.18. The number of nitrogens with two attached hydrogens (primary N) is 1. The summed E-state index contributed by atoms with van der Waals surface area (Å²) in [4.78, 5) is 0.135. The number of aryl methyl sites for hydroxylation is 1. The first-order valence-electron chi connectivity index (χ1n) is 5.01. The maximum Gasteiger partial charge on any atom is 0.262 e. The van der Waals surface area contributed by atoms with Crippen LogP contribution in [-0.4, -0.2) is 8.42 Å². The van der Waals surface area contributed by atoms with Crippen molar-refractivity contribution in [3.05, 3.63) is 39.5 Å². The minimum Gasteiger partial charge on any atom is -0.397 e. The highest BCUT2D eigenvalue weighted by Crippen LogP contribution is 2.27. The molecule has 1 heterocycles. The standard InChI is InChI=1S/C11H11ClN2O2S2/c1-7-4-9(12)10(13)5-11(7)18(15,16)14-8-2-3-17-6-8/h2-6,14H,13H2,1H3. The van der Waals surface area contributed by atoms with E-state index in [4.69, 9.17) is 17.3 Å². The normalized spacial score (nSPS) is 11.4. The first-order chi connectivity index (χ1) is 8.40. The van der Waals surface area contributed by atoms with Crippen molar-refractivity contribution in [2.45, 2.75) is 11.8 Å². The Morgan fingerprint density at radius 2 is 2.11 bits per heavy atom. The molecule has 96 valence electrons. The molecular formula is C11H11ClN2O2S2. The summed E-state index contributed by atoms with van der Waals surface area (Å²) in [6, 6.07) is 4.60. The summed E-state index contributed by atoms with van der Waals surface area (Å²) in [7, 11) is -3.64. The lowest BCUT2D eigenvalue weighted by molar-refractivity contribution is 0.600. The van der Waals surface area contributed by atoms with Crippen molar-refractivity contribution < 1.29 is 8.42 Å². The Balaban J connectivity index is 2.44. The van der Waals surface area contributed by atoms with Gasteiger partial charge < -0.3 is 5.73 Å². The fourth-order valence-corrected chi connectivity index (χ4v) is 3.68. The Kier molecular flexibility index (Phi) is 3.52. The second kappa shape index (κ2) is 4.79. The van der Waals surface area contributed by atoms with E-state index in [0.717, 1.165) is 0 Å². The van der Waals surface area contributed by atoms with E-state index in [0.29, 0.717) is 16.3 Å². The monoisotopic (exact) mass is 302 g/mol. The van der Waals surface area contributed by atoms with Gasteiger partial charge in [0.05, 0.1) is 21.3 Å². The van der Waals surface area contributed by atoms with Crippen molar-refractivity contribution >= 4 is 44.3 Å². The number of nitrogens with one attached hydrogen (secondary N) is 1. The molecule has 1 aromatic carbocycles. The molecule has 0 unspecified atom stereocenters. The number of halogens is 1. The second-order valence-electron chi connectivity index (χ2n) is 3.76. The molecule has 0 saturated carbocycles. The van der Waals surface area contributed by atoms with Gasteiger partial charge in [-0.3, -0.25) is 4.72 Å². The molecule has 18 heavy (non-hydrogen) atoms. The molecule has 0 fully saturated rings. The highest BCUT2D eigenvalue weighted by molar-refractivity contribution is 7.92. The van der Waals surface area contributed by atoms with Gasteiger partial charge in [0, 0.05) is 5.38 Å². The summed E-state index contributed by atoms with van der Waals surface area (Å²) in [6.07, 6.45) is 0. The van der Waals surface area contributed by atoms with Crippen LogP contribution in [0, 0.1) is 6.92 Å². The van der Waals surface area contributed by atoms with E-state index in [1.807, 2.05) is 0 Å². The zero-order valence-electron chi connectivity index (χ0n) is 9.48. The molecule has 1 aromatic heterocycles. The van der Waals surface area contributed by atoms with E-state index in [2.05, 4.69) is 4.72 Å². The fraction of sp³-hybridized carbons (Fsp3) is 0.0909. The molecule has 0 bridgehead atoms. The van der Waals surface area contributed by atoms with Gasteiger partial charge in [-0.15, -0.1) is 0 Å². The van der Waals surface area contributed by atoms with Gasteiger partial charge in [0.25, 0.3) is 10.0 Å². The molecule has 0 aliphatic carbocycles. The minimum absolute atomic E-state index is 0.135. The van der Waals surface area contributed by atoms with Gasteiger partial charge >= 0.3 is 0 Å². The Hall–Kier alpha value is -1.24. The van der Waals surface area contributed by atoms with Crippen LogP contribution in [0.4, 0.5) is 11.4 Å². The molecule has 2 aromatic rings. The van der Waals surface area contributed by atoms with Crippen molar-refractivity contribution in [2.75, 3.05) is 10.5 Å². The number of nitrogen functional groups attached to an aromatic ring is 1. The lowest BCUT2D eigenvalue weighted by Crippen LogP contribution is -2.14. The largest absolute Gasteiger partial charge is 0.397 e. The third kappa shape index (κ3) is 2.60. The van der Waals surface area contributed by atoms with Crippen LogP contribution in [0.15, 0.2) is 33.9 Å². The maximum atomic E-state index is 12.2. The molecule has 0 atom stereocenters. The van der Waals surface area contributed by atoms with Crippen LogP contribution < -0.4 is 10.5 Å². The first-order valence-corrected chi connectivity index (χ1v) is 7.81. The topological polar surface area (TPSA) is 72.2 Å². The summed E-state index contributed by atoms with van der Waals surface area (Å²) in [5.41, 5.74) is 6.97. The number of hydrogen-bond donors (Lipinski definition) is 2. The molecule has 0 radical (unpaired) electrons. The second-order valence-corrected chi connectivity index (χ2v) is 6.59. The van der Waals surface area contributed by atoms with Crippen LogP contribution in [0.1, 0.15) is 5.56 Å². The van der Waals surface area contributed by atoms with Crippen molar-refractivity contribution in [3.8, 4) is 0 Å². The van der Waals surface area contributed by atoms with Crippen LogP contribution in [0.5, 0.6) is 0 Å². The van der Waals surface area contributed by atoms with Gasteiger partial charge in [0.1, 0.15) is 0 Å². The van der Waals surface area contributed by atoms with Gasteiger partial charge in [-0.25, -0.2) is 8.42 Å². The number of sulfonamides is 1. The van der Waals surface area contributed by atoms with E-state index >= 15 is 0 Å². The summed E-state index contributed by atoms with van der Waals surface area (Å²) >= 11 is 7.25. The molecule has 4 nitrogen and oxygen atoms in total. The zero-order valence-corrected chi connectivity index (χ0v) is 11.9. The Bertz CT molecular complexity index is 667. The predicted molar refractivity (Wildman–Crippen MR) is 75.7 cm³/mol. The summed E-state index contributed by atoms with van der Waals surface area (Å²) in [5, 5.41) is 3.86. The lowest BCUT2D eigenvalue weighted by atomic mass is 10.2. The molecule has 0 saturated heterocycles. The highest BCUT2D eigenvalue weighted by atomic mass is 35.5. The zero-order chi connectivity index (χ0) is 13.3. The van der Waals surface area contributed by atoms with E-state index < -0.39 is 10.0 Å². The van der Waals surface area contributed by atoms with Gasteiger partial charge in [0.2, 0.25) is 0 Å². The van der Waals surface area contributed by atoms with Gasteiger partial charge in [-0.05, 0) is 36.1 Å². The maximum absolute atomic E-state index is 12.2. The average molecular weight is 303 g/mol. The number of hydrogen-bond acceptors (Lipinski definition) is 4. The Morgan fingerprint density at radius 3 is 2.72 bits per heavy atom. The summed E-state index contributed by atoms with van der Waals surface area (Å²) in [5.74, 6) is 0. The molecule has 0 aliphatic rings. The van der Waals surface area contributed by atoms with Gasteiger partial charge in [0.15, 0.2) is 0 Å². The minimum atomic E-state index is -3.64. The molecule has 2 rings (SSSR count). The third-order valence-electron chi connectivity index (χ3n) is 2.36. The molecule has 0 amide bonds. The van der Waals surface area contributed by atoms with Crippen LogP contribution in [-0.2, 0) is 10.0 Å². The van der Waals surface area contributed by atoms with Crippen molar-refractivity contribution in [2.24, 2.45) is 0 Å². The van der Waals surface area contributed by atoms with Crippen molar-refractivity contribution in [1.29, 1.82) is 0 Å². The van der Waals surface area contributed by atoms with Crippen LogP contribution in [0.3, 0.4) is 0 Å². The quantitative estimate of drug-likeness (QED) is 0.856. The number of thiophene rings is 1. The molecule has 0 aliphatic heterocycles. The van der Waals surface area contributed by atoms with Gasteiger partial charge in [-0.2, -0.15) is 11.3 Å². The SMILES string of the molecule is Cc1cc(Cl)c(N)cc1S(=O)(=O)Nc1ccsc1. The number of benzene rings is 1. The predicted octanol–water partition coefficient (Wildman–Crippen LogP) is 3.09. The van der Waals surface area contributed by atoms with Crippen LogP contribution in [0.2, 0.25) is 5.02 Å². The number of rotatable bonds is 3. The Morgan fingerprint density at radius 1 is 1.39 bits per heavy atom.